The first kappa shape index (κ1) is 65.4. The zero-order chi connectivity index (χ0) is 36.7. The Kier molecular flexibility index (Phi) is 55.1. The summed E-state index contributed by atoms with van der Waals surface area (Å²) in [5, 5.41) is 0. The van der Waals surface area contributed by atoms with E-state index < -0.39 is 0 Å². The molecule has 0 N–H and O–H groups in total. The number of hydrogen-bond donors (Lipinski definition) is 0. The smallest absolute Gasteiger partial charge is 0.390 e. The average molecular weight is 999 g/mol. The Morgan fingerprint density at radius 3 is 1.17 bits per heavy atom. The van der Waals surface area contributed by atoms with Gasteiger partial charge in [-0.15, -0.1) is 0 Å². The summed E-state index contributed by atoms with van der Waals surface area (Å²) in [6.07, 6.45) is 6.82. The first-order valence-electron chi connectivity index (χ1n) is 17.3. The molecule has 48 heavy (non-hydrogen) atoms. The van der Waals surface area contributed by atoms with Crippen molar-refractivity contribution in [3.63, 3.8) is 0 Å². The summed E-state index contributed by atoms with van der Waals surface area (Å²) in [5.74, 6) is 0.627. The first-order chi connectivity index (χ1) is 20.9. The Bertz CT molecular complexity index is 937. The summed E-state index contributed by atoms with van der Waals surface area (Å²) < 4.78 is 0. The van der Waals surface area contributed by atoms with E-state index in [0.29, 0.717) is 5.92 Å². The van der Waals surface area contributed by atoms with Gasteiger partial charge in [0.05, 0.1) is 0 Å². The van der Waals surface area contributed by atoms with Crippen LogP contribution in [0.25, 0.3) is 0 Å². The predicted molar refractivity (Wildman–Crippen MR) is 216 cm³/mol. The summed E-state index contributed by atoms with van der Waals surface area (Å²) in [6, 6.07) is 25.9. The van der Waals surface area contributed by atoms with Crippen LogP contribution in [0, 0.1) is 25.1 Å². The quantitative estimate of drug-likeness (QED) is 0.175. The second-order valence-corrected chi connectivity index (χ2v) is 13.1. The Hall–Kier alpha value is -0.968. The molecule has 3 radical (unpaired) electrons. The molecule has 0 aliphatic rings. The van der Waals surface area contributed by atoms with Crippen LogP contribution in [0.2, 0.25) is 0 Å². The number of aromatic nitrogens is 1. The van der Waals surface area contributed by atoms with E-state index in [4.69, 9.17) is 0 Å². The molecule has 0 bridgehead atoms. The normalized spacial score (nSPS) is 9.21. The van der Waals surface area contributed by atoms with Crippen molar-refractivity contribution in [3.8, 4) is 0 Å². The largest absolute Gasteiger partial charge is 2.00 e. The standard InChI is InChI=1S/C14H22.C9H12N.C9H11.2C3H7.3C2H6.B.2W/c1-13(2,3)11-8-7-9-12(10-11)14(4,5)6;1-9(2,3)8-6-4-5-7-10-8;1-8(2)9-6-4-3-5-7-9;2*1-3-2;3*1-2;;;/h7-10H,1-6H3;4-6H,1-3H3;3-4,6-8H,1-2H3;2*3H,1-2H3;3*1-2H3;;;/q;4*-1;;;;;2*+2. The molecule has 1 aromatic heterocycles. The van der Waals surface area contributed by atoms with Crippen LogP contribution in [0.15, 0.2) is 66.7 Å². The predicted octanol–water partition coefficient (Wildman–Crippen LogP) is 14.2. The fourth-order valence-electron chi connectivity index (χ4n) is 2.96. The molecule has 0 unspecified atom stereocenters. The number of benzene rings is 2. The molecule has 1 nitrogen and oxygen atoms in total. The maximum atomic E-state index is 4.12. The van der Waals surface area contributed by atoms with Gasteiger partial charge in [0, 0.05) is 8.41 Å². The van der Waals surface area contributed by atoms with Crippen molar-refractivity contribution in [2.24, 2.45) is 0 Å². The molecule has 1 heterocycles. The van der Waals surface area contributed by atoms with Crippen molar-refractivity contribution in [2.45, 2.75) is 168 Å². The summed E-state index contributed by atoms with van der Waals surface area (Å²) in [6.45, 7) is 44.3. The molecular weight excluding hydrogens is 921 g/mol. The Morgan fingerprint density at radius 1 is 0.583 bits per heavy atom. The minimum atomic E-state index is 0. The van der Waals surface area contributed by atoms with Gasteiger partial charge in [0.1, 0.15) is 0 Å². The number of nitrogens with zero attached hydrogens (tertiary/aromatic N) is 1. The molecule has 0 saturated carbocycles. The molecule has 2 aromatic carbocycles. The number of rotatable bonds is 1. The molecule has 273 valence electrons. The molecule has 0 amide bonds. The molecule has 3 rings (SSSR count). The third-order valence-electron chi connectivity index (χ3n) is 5.37. The van der Waals surface area contributed by atoms with Crippen molar-refractivity contribution in [3.05, 3.63) is 114 Å². The van der Waals surface area contributed by atoms with Gasteiger partial charge in [-0.25, -0.2) is 0 Å². The summed E-state index contributed by atoms with van der Waals surface area (Å²) >= 11 is 0. The van der Waals surface area contributed by atoms with E-state index >= 15 is 0 Å². The van der Waals surface area contributed by atoms with E-state index in [9.17, 15) is 0 Å². The topological polar surface area (TPSA) is 12.9 Å². The van der Waals surface area contributed by atoms with Crippen LogP contribution < -0.4 is 0 Å². The molecule has 3 aromatic rings. The maximum Gasteiger partial charge on any atom is 2.00 e. The SMILES string of the molecule is CC.CC.CC.CC(C)(C)c1ccc[c-]n1.CC(C)(C)c1cccc(C(C)(C)C)c1.CC(C)c1c[c-]ccc1.C[CH-]C.C[CH-]C.[B].[W+2].[W+2]. The van der Waals surface area contributed by atoms with E-state index in [1.54, 1.807) is 0 Å². The molecular formula is C44H77BNW2. The second-order valence-electron chi connectivity index (χ2n) is 13.1. The Morgan fingerprint density at radius 2 is 0.958 bits per heavy atom. The van der Waals surface area contributed by atoms with Crippen LogP contribution in [0.1, 0.15) is 174 Å². The van der Waals surface area contributed by atoms with Gasteiger partial charge in [-0.2, -0.15) is 81.8 Å². The van der Waals surface area contributed by atoms with Gasteiger partial charge < -0.3 is 17.8 Å². The monoisotopic (exact) mass is 999 g/mol. The fraction of sp³-hybridized carbons (Fsp3) is 0.568. The maximum absolute atomic E-state index is 4.12. The molecule has 0 saturated heterocycles. The van der Waals surface area contributed by atoms with E-state index in [0.717, 1.165) is 5.69 Å². The van der Waals surface area contributed by atoms with E-state index in [1.165, 1.54) is 16.7 Å². The first-order valence-corrected chi connectivity index (χ1v) is 17.3. The molecule has 4 heteroatoms. The number of pyridine rings is 1. The Balaban J connectivity index is -0.0000000707. The van der Waals surface area contributed by atoms with E-state index in [1.807, 2.05) is 118 Å². The third-order valence-corrected chi connectivity index (χ3v) is 5.37. The average Bonchev–Trinajstić information content (AvgIpc) is 3.01. The van der Waals surface area contributed by atoms with Gasteiger partial charge in [0.25, 0.3) is 0 Å². The van der Waals surface area contributed by atoms with Gasteiger partial charge >= 0.3 is 42.1 Å². The van der Waals surface area contributed by atoms with E-state index in [-0.39, 0.29) is 66.8 Å². The third kappa shape index (κ3) is 39.5. The zero-order valence-electron chi connectivity index (χ0n) is 35.4. The van der Waals surface area contributed by atoms with Crippen molar-refractivity contribution in [1.29, 1.82) is 0 Å². The van der Waals surface area contributed by atoms with Gasteiger partial charge in [-0.05, 0) is 27.4 Å². The molecule has 0 fully saturated rings. The second kappa shape index (κ2) is 40.5. The van der Waals surface area contributed by atoms with Crippen LogP contribution in [-0.2, 0) is 58.4 Å². The molecule has 0 spiro atoms. The van der Waals surface area contributed by atoms with Crippen molar-refractivity contribution >= 4 is 8.41 Å². The van der Waals surface area contributed by atoms with Gasteiger partial charge in [0.2, 0.25) is 0 Å². The summed E-state index contributed by atoms with van der Waals surface area (Å²) in [7, 11) is 0. The zero-order valence-corrected chi connectivity index (χ0v) is 41.3. The van der Waals surface area contributed by atoms with Crippen LogP contribution in [-0.4, -0.2) is 13.4 Å². The van der Waals surface area contributed by atoms with E-state index in [2.05, 4.69) is 124 Å². The van der Waals surface area contributed by atoms with Crippen molar-refractivity contribution < 1.29 is 42.1 Å². The van der Waals surface area contributed by atoms with Crippen molar-refractivity contribution in [1.82, 2.24) is 4.98 Å². The van der Waals surface area contributed by atoms with Crippen LogP contribution in [0.4, 0.5) is 0 Å². The number of hydrogen-bond acceptors (Lipinski definition) is 1. The fourth-order valence-corrected chi connectivity index (χ4v) is 2.96. The van der Waals surface area contributed by atoms with Gasteiger partial charge in [-0.1, -0.05) is 160 Å². The minimum absolute atomic E-state index is 0. The van der Waals surface area contributed by atoms with Crippen LogP contribution >= 0.6 is 0 Å². The van der Waals surface area contributed by atoms with Gasteiger partial charge in [-0.3, -0.25) is 0 Å². The summed E-state index contributed by atoms with van der Waals surface area (Å²) in [5.41, 5.74) is 5.95. The van der Waals surface area contributed by atoms with Gasteiger partial charge in [0.15, 0.2) is 0 Å². The van der Waals surface area contributed by atoms with Crippen LogP contribution in [0.5, 0.6) is 0 Å². The van der Waals surface area contributed by atoms with Crippen molar-refractivity contribution in [2.75, 3.05) is 0 Å². The summed E-state index contributed by atoms with van der Waals surface area (Å²) in [4.78, 5) is 4.12. The molecule has 0 atom stereocenters. The van der Waals surface area contributed by atoms with Crippen LogP contribution in [0.3, 0.4) is 0 Å². The minimum Gasteiger partial charge on any atom is -0.390 e. The Labute approximate surface area is 335 Å². The molecule has 0 aliphatic carbocycles. The molecule has 0 aliphatic heterocycles.